The van der Waals surface area contributed by atoms with Crippen LogP contribution < -0.4 is 5.56 Å². The van der Waals surface area contributed by atoms with Crippen LogP contribution in [0.2, 0.25) is 5.02 Å². The Morgan fingerprint density at radius 1 is 1.32 bits per heavy atom. The smallest absolute Gasteiger partial charge is 0.266 e. The van der Waals surface area contributed by atoms with Crippen molar-refractivity contribution in [2.75, 3.05) is 0 Å². The van der Waals surface area contributed by atoms with Gasteiger partial charge >= 0.3 is 0 Å². The quantitative estimate of drug-likeness (QED) is 0.789. The second kappa shape index (κ2) is 5.09. The standard InChI is InChI=1S/C14H9ClN2O2/c1-9(18)13-6-10(7-16)8-17(14(13)19)12-4-2-11(15)3-5-12/h2-6,8H,1H3. The fourth-order valence-electron chi connectivity index (χ4n) is 1.69. The molecule has 0 saturated heterocycles. The van der Waals surface area contributed by atoms with E-state index in [1.807, 2.05) is 6.07 Å². The van der Waals surface area contributed by atoms with Gasteiger partial charge in [-0.25, -0.2) is 0 Å². The minimum Gasteiger partial charge on any atom is -0.294 e. The van der Waals surface area contributed by atoms with E-state index in [0.717, 1.165) is 0 Å². The summed E-state index contributed by atoms with van der Waals surface area (Å²) in [6, 6.07) is 9.80. The van der Waals surface area contributed by atoms with Crippen molar-refractivity contribution in [2.24, 2.45) is 0 Å². The van der Waals surface area contributed by atoms with Crippen LogP contribution in [-0.4, -0.2) is 10.4 Å². The van der Waals surface area contributed by atoms with Gasteiger partial charge in [0.2, 0.25) is 0 Å². The molecule has 0 bridgehead atoms. The van der Waals surface area contributed by atoms with E-state index in [-0.39, 0.29) is 16.9 Å². The summed E-state index contributed by atoms with van der Waals surface area (Å²) < 4.78 is 1.27. The Labute approximate surface area is 114 Å². The van der Waals surface area contributed by atoms with Crippen LogP contribution in [0, 0.1) is 11.3 Å². The molecule has 0 aliphatic rings. The fourth-order valence-corrected chi connectivity index (χ4v) is 1.81. The molecule has 0 fully saturated rings. The van der Waals surface area contributed by atoms with Gasteiger partial charge in [0.15, 0.2) is 5.78 Å². The second-order valence-corrected chi connectivity index (χ2v) is 4.40. The Hall–Kier alpha value is -2.38. The molecule has 19 heavy (non-hydrogen) atoms. The highest BCUT2D eigenvalue weighted by Gasteiger charge is 2.11. The molecule has 1 aromatic carbocycles. The summed E-state index contributed by atoms with van der Waals surface area (Å²) >= 11 is 5.79. The zero-order chi connectivity index (χ0) is 14.0. The molecule has 2 aromatic rings. The third kappa shape index (κ3) is 2.56. The summed E-state index contributed by atoms with van der Waals surface area (Å²) in [6.45, 7) is 1.30. The van der Waals surface area contributed by atoms with Crippen molar-refractivity contribution in [3.05, 3.63) is 63.0 Å². The van der Waals surface area contributed by atoms with Gasteiger partial charge in [0.05, 0.1) is 11.1 Å². The summed E-state index contributed by atoms with van der Waals surface area (Å²) in [7, 11) is 0. The summed E-state index contributed by atoms with van der Waals surface area (Å²) in [6.07, 6.45) is 1.40. The fraction of sp³-hybridized carbons (Fsp3) is 0.0714. The van der Waals surface area contributed by atoms with Crippen molar-refractivity contribution in [2.45, 2.75) is 6.92 Å². The molecular formula is C14H9ClN2O2. The molecule has 4 nitrogen and oxygen atoms in total. The van der Waals surface area contributed by atoms with Crippen LogP contribution >= 0.6 is 11.6 Å². The third-order valence-corrected chi connectivity index (χ3v) is 2.88. The Balaban J connectivity index is 2.73. The molecule has 0 unspecified atom stereocenters. The maximum absolute atomic E-state index is 12.2. The number of nitriles is 1. The predicted octanol–water partition coefficient (Wildman–Crippen LogP) is 2.57. The van der Waals surface area contributed by atoms with E-state index in [1.54, 1.807) is 24.3 Å². The zero-order valence-electron chi connectivity index (χ0n) is 10.1. The maximum Gasteiger partial charge on any atom is 0.266 e. The van der Waals surface area contributed by atoms with Gasteiger partial charge in [0, 0.05) is 16.9 Å². The number of hydrogen-bond donors (Lipinski definition) is 0. The van der Waals surface area contributed by atoms with E-state index >= 15 is 0 Å². The van der Waals surface area contributed by atoms with Gasteiger partial charge in [0.1, 0.15) is 6.07 Å². The number of benzene rings is 1. The Kier molecular flexibility index (Phi) is 3.50. The number of carbonyl (C=O) groups is 1. The minimum absolute atomic E-state index is 0.00556. The van der Waals surface area contributed by atoms with Gasteiger partial charge < -0.3 is 0 Å². The Morgan fingerprint density at radius 2 is 1.95 bits per heavy atom. The topological polar surface area (TPSA) is 62.9 Å². The van der Waals surface area contributed by atoms with Crippen LogP contribution in [0.3, 0.4) is 0 Å². The van der Waals surface area contributed by atoms with E-state index in [2.05, 4.69) is 0 Å². The lowest BCUT2D eigenvalue weighted by Gasteiger charge is -2.08. The van der Waals surface area contributed by atoms with Crippen LogP contribution in [0.1, 0.15) is 22.8 Å². The van der Waals surface area contributed by atoms with Crippen molar-refractivity contribution >= 4 is 17.4 Å². The van der Waals surface area contributed by atoms with Crippen molar-refractivity contribution in [1.29, 1.82) is 5.26 Å². The number of hydrogen-bond acceptors (Lipinski definition) is 3. The lowest BCUT2D eigenvalue weighted by molar-refractivity contribution is 0.101. The molecule has 1 aromatic heterocycles. The lowest BCUT2D eigenvalue weighted by atomic mass is 10.1. The largest absolute Gasteiger partial charge is 0.294 e. The molecule has 0 aliphatic heterocycles. The molecule has 0 radical (unpaired) electrons. The van der Waals surface area contributed by atoms with Crippen molar-refractivity contribution in [3.63, 3.8) is 0 Å². The van der Waals surface area contributed by atoms with Crippen molar-refractivity contribution < 1.29 is 4.79 Å². The first kappa shape index (κ1) is 13.1. The number of Topliss-reactive ketones (excluding diaryl/α,β-unsaturated/α-hetero) is 1. The monoisotopic (exact) mass is 272 g/mol. The average molecular weight is 273 g/mol. The Bertz CT molecular complexity index is 740. The number of carbonyl (C=O) groups excluding carboxylic acids is 1. The number of rotatable bonds is 2. The van der Waals surface area contributed by atoms with Crippen LogP contribution in [-0.2, 0) is 0 Å². The van der Waals surface area contributed by atoms with Crippen LogP contribution in [0.4, 0.5) is 0 Å². The molecule has 0 spiro atoms. The van der Waals surface area contributed by atoms with E-state index in [9.17, 15) is 9.59 Å². The lowest BCUT2D eigenvalue weighted by Crippen LogP contribution is -2.24. The number of halogens is 1. The minimum atomic E-state index is -0.450. The predicted molar refractivity (Wildman–Crippen MR) is 71.8 cm³/mol. The summed E-state index contributed by atoms with van der Waals surface area (Å²) in [5.41, 5.74) is 0.344. The number of pyridine rings is 1. The summed E-state index contributed by atoms with van der Waals surface area (Å²) in [4.78, 5) is 23.6. The van der Waals surface area contributed by atoms with Crippen molar-refractivity contribution in [1.82, 2.24) is 4.57 Å². The van der Waals surface area contributed by atoms with E-state index < -0.39 is 5.56 Å². The molecule has 1 heterocycles. The number of nitrogens with zero attached hydrogens (tertiary/aromatic N) is 2. The molecule has 5 heteroatoms. The highest BCUT2D eigenvalue weighted by Crippen LogP contribution is 2.13. The van der Waals surface area contributed by atoms with Gasteiger partial charge in [0.25, 0.3) is 5.56 Å². The molecular weight excluding hydrogens is 264 g/mol. The van der Waals surface area contributed by atoms with Gasteiger partial charge in [-0.2, -0.15) is 5.26 Å². The average Bonchev–Trinajstić information content (AvgIpc) is 2.40. The van der Waals surface area contributed by atoms with Crippen molar-refractivity contribution in [3.8, 4) is 11.8 Å². The van der Waals surface area contributed by atoms with E-state index in [4.69, 9.17) is 16.9 Å². The normalized spacial score (nSPS) is 9.95. The van der Waals surface area contributed by atoms with E-state index in [0.29, 0.717) is 10.7 Å². The van der Waals surface area contributed by atoms with Crippen LogP contribution in [0.25, 0.3) is 5.69 Å². The zero-order valence-corrected chi connectivity index (χ0v) is 10.8. The summed E-state index contributed by atoms with van der Waals surface area (Å²) in [5.74, 6) is -0.371. The molecule has 94 valence electrons. The molecule has 0 aliphatic carbocycles. The maximum atomic E-state index is 12.2. The first-order valence-corrected chi connectivity index (χ1v) is 5.84. The van der Waals surface area contributed by atoms with Crippen LogP contribution in [0.15, 0.2) is 41.3 Å². The summed E-state index contributed by atoms with van der Waals surface area (Å²) in [5, 5.41) is 9.49. The molecule has 0 N–H and O–H groups in total. The first-order chi connectivity index (χ1) is 9.02. The van der Waals surface area contributed by atoms with Gasteiger partial charge in [-0.15, -0.1) is 0 Å². The van der Waals surface area contributed by atoms with Crippen LogP contribution in [0.5, 0.6) is 0 Å². The second-order valence-electron chi connectivity index (χ2n) is 3.96. The molecule has 0 amide bonds. The highest BCUT2D eigenvalue weighted by atomic mass is 35.5. The highest BCUT2D eigenvalue weighted by molar-refractivity contribution is 6.30. The first-order valence-electron chi connectivity index (χ1n) is 5.46. The van der Waals surface area contributed by atoms with Gasteiger partial charge in [-0.05, 0) is 37.3 Å². The van der Waals surface area contributed by atoms with Gasteiger partial charge in [-0.1, -0.05) is 11.6 Å². The third-order valence-electron chi connectivity index (χ3n) is 2.63. The van der Waals surface area contributed by atoms with E-state index in [1.165, 1.54) is 23.8 Å². The molecule has 0 saturated carbocycles. The molecule has 0 atom stereocenters. The number of ketones is 1. The number of aromatic nitrogens is 1. The SMILES string of the molecule is CC(=O)c1cc(C#N)cn(-c2ccc(Cl)cc2)c1=O. The molecule has 2 rings (SSSR count). The van der Waals surface area contributed by atoms with Gasteiger partial charge in [-0.3, -0.25) is 14.2 Å². The Morgan fingerprint density at radius 3 is 2.47 bits per heavy atom.